The summed E-state index contributed by atoms with van der Waals surface area (Å²) >= 11 is 6.13. The van der Waals surface area contributed by atoms with Gasteiger partial charge in [0.25, 0.3) is 11.5 Å². The van der Waals surface area contributed by atoms with Crippen LogP contribution in [0.1, 0.15) is 71.3 Å². The highest BCUT2D eigenvalue weighted by molar-refractivity contribution is 6.33. The molecule has 1 N–H and O–H groups in total. The lowest BCUT2D eigenvalue weighted by molar-refractivity contribution is -0.137. The first-order chi connectivity index (χ1) is 24.7. The second kappa shape index (κ2) is 14.5. The number of alkyl halides is 3. The monoisotopic (exact) mass is 740 g/mol. The molecule has 0 spiro atoms. The van der Waals surface area contributed by atoms with Gasteiger partial charge < -0.3 is 24.3 Å². The van der Waals surface area contributed by atoms with Gasteiger partial charge in [0, 0.05) is 18.3 Å². The zero-order valence-electron chi connectivity index (χ0n) is 29.1. The van der Waals surface area contributed by atoms with E-state index >= 15 is 0 Å². The molecule has 0 radical (unpaired) electrons. The number of likely N-dealkylation sites (tertiary alicyclic amines) is 1. The summed E-state index contributed by atoms with van der Waals surface area (Å²) in [5.41, 5.74) is 1.56. The number of halogens is 4. The summed E-state index contributed by atoms with van der Waals surface area (Å²) < 4.78 is 53.3. The van der Waals surface area contributed by atoms with Crippen molar-refractivity contribution in [3.8, 4) is 5.75 Å². The Balaban J connectivity index is 1.40. The van der Waals surface area contributed by atoms with Crippen LogP contribution >= 0.6 is 11.6 Å². The fraction of sp³-hybridized carbons (Fsp3) is 0.400. The predicted molar refractivity (Wildman–Crippen MR) is 186 cm³/mol. The van der Waals surface area contributed by atoms with Crippen molar-refractivity contribution in [3.63, 3.8) is 0 Å². The van der Waals surface area contributed by atoms with E-state index in [4.69, 9.17) is 21.1 Å². The van der Waals surface area contributed by atoms with Crippen molar-refractivity contribution in [1.82, 2.24) is 34.0 Å². The van der Waals surface area contributed by atoms with Gasteiger partial charge in [0.05, 0.1) is 47.9 Å². The van der Waals surface area contributed by atoms with Gasteiger partial charge >= 0.3 is 6.18 Å². The smallest absolute Gasteiger partial charge is 0.416 e. The molecule has 2 amide bonds. The number of carbonyl (C=O) groups is 2. The van der Waals surface area contributed by atoms with E-state index in [0.717, 1.165) is 33.9 Å². The van der Waals surface area contributed by atoms with E-state index in [1.165, 1.54) is 7.11 Å². The number of nitrogens with one attached hydrogen (secondary N) is 1. The standard InChI is InChI=1S/C35H36ClF3N8O5/c1-6-27-24(14-21-13-18(2)45(16-21)33(50)29-30(51-5)19(3)40-20(4)41-29)32(49)47-34(43-31(44-47)22-9-11-52-12-10-22)46(27)17-28(48)42-26-8-7-23(15-25(26)36)35(37,38)39/h7-9,14-15,18H,6,10-13,16-17H2,1-5H3,(H,42,48). The van der Waals surface area contributed by atoms with E-state index in [9.17, 15) is 27.6 Å². The van der Waals surface area contributed by atoms with E-state index < -0.39 is 23.2 Å². The molecule has 1 atom stereocenters. The molecular formula is C35H36ClF3N8O5. The lowest BCUT2D eigenvalue weighted by Gasteiger charge is -2.22. The van der Waals surface area contributed by atoms with Gasteiger partial charge in [0.1, 0.15) is 12.4 Å². The SMILES string of the molecule is CCc1c(C=C2CC(C)N(C(=O)c3nc(C)nc(C)c3OC)C2)c(=O)n2nc(C3=CCOCC3)nc2n1CC(=O)Nc1ccc(C(F)(F)F)cc1Cl. The fourth-order valence-electron chi connectivity index (χ4n) is 6.54. The number of nitrogens with zero attached hydrogens (tertiary/aromatic N) is 7. The molecule has 52 heavy (non-hydrogen) atoms. The Morgan fingerprint density at radius 3 is 2.62 bits per heavy atom. The minimum Gasteiger partial charge on any atom is -0.492 e. The van der Waals surface area contributed by atoms with Crippen molar-refractivity contribution in [2.24, 2.45) is 0 Å². The second-order valence-electron chi connectivity index (χ2n) is 12.6. The number of fused-ring (bicyclic) bond motifs is 1. The van der Waals surface area contributed by atoms with Crippen molar-refractivity contribution in [2.45, 2.75) is 65.7 Å². The molecule has 0 aliphatic carbocycles. The zero-order valence-corrected chi connectivity index (χ0v) is 29.9. The van der Waals surface area contributed by atoms with Crippen LogP contribution in [0, 0.1) is 13.8 Å². The number of rotatable bonds is 8. The molecule has 4 aromatic rings. The fourth-order valence-corrected chi connectivity index (χ4v) is 6.77. The van der Waals surface area contributed by atoms with Gasteiger partial charge in [-0.1, -0.05) is 24.6 Å². The molecule has 0 saturated carbocycles. The lowest BCUT2D eigenvalue weighted by atomic mass is 10.1. The molecule has 3 aromatic heterocycles. The first-order valence-corrected chi connectivity index (χ1v) is 16.9. The molecule has 1 fully saturated rings. The van der Waals surface area contributed by atoms with Gasteiger partial charge in [0.2, 0.25) is 11.7 Å². The van der Waals surface area contributed by atoms with Gasteiger partial charge in [0.15, 0.2) is 17.3 Å². The van der Waals surface area contributed by atoms with Gasteiger partial charge in [-0.05, 0) is 75.5 Å². The average Bonchev–Trinajstić information content (AvgIpc) is 3.71. The number of anilines is 1. The Hall–Kier alpha value is -5.09. The third kappa shape index (κ3) is 7.17. The van der Waals surface area contributed by atoms with Gasteiger partial charge in [-0.2, -0.15) is 22.7 Å². The maximum atomic E-state index is 14.2. The Morgan fingerprint density at radius 1 is 1.19 bits per heavy atom. The number of amides is 2. The van der Waals surface area contributed by atoms with E-state index in [1.807, 2.05) is 19.9 Å². The summed E-state index contributed by atoms with van der Waals surface area (Å²) in [5, 5.41) is 6.84. The quantitative estimate of drug-likeness (QED) is 0.254. The molecule has 6 rings (SSSR count). The molecule has 1 aromatic carbocycles. The molecule has 13 nitrogen and oxygen atoms in total. The number of carbonyl (C=O) groups excluding carboxylic acids is 2. The molecule has 2 aliphatic rings. The van der Waals surface area contributed by atoms with Crippen LogP contribution in [-0.2, 0) is 28.7 Å². The van der Waals surface area contributed by atoms with E-state index in [1.54, 1.807) is 29.4 Å². The first-order valence-electron chi connectivity index (χ1n) is 16.6. The van der Waals surface area contributed by atoms with Crippen LogP contribution in [0.2, 0.25) is 5.02 Å². The van der Waals surface area contributed by atoms with Crippen molar-refractivity contribution >= 4 is 46.5 Å². The summed E-state index contributed by atoms with van der Waals surface area (Å²) in [5.74, 6) is 0.180. The van der Waals surface area contributed by atoms with Crippen molar-refractivity contribution in [3.05, 3.63) is 85.1 Å². The van der Waals surface area contributed by atoms with Crippen molar-refractivity contribution in [2.75, 3.05) is 32.2 Å². The van der Waals surface area contributed by atoms with Crippen molar-refractivity contribution < 1.29 is 32.2 Å². The Morgan fingerprint density at radius 2 is 1.96 bits per heavy atom. The third-order valence-corrected chi connectivity index (χ3v) is 9.29. The average molecular weight is 741 g/mol. The van der Waals surface area contributed by atoms with E-state index in [0.29, 0.717) is 61.3 Å². The zero-order chi connectivity index (χ0) is 37.5. The molecule has 0 bridgehead atoms. The summed E-state index contributed by atoms with van der Waals surface area (Å²) in [6.45, 7) is 7.80. The van der Waals surface area contributed by atoms with Crippen molar-refractivity contribution in [1.29, 1.82) is 0 Å². The third-order valence-electron chi connectivity index (χ3n) is 8.97. The number of methoxy groups -OCH3 is 1. The van der Waals surface area contributed by atoms with Gasteiger partial charge in [-0.25, -0.2) is 9.97 Å². The highest BCUT2D eigenvalue weighted by Gasteiger charge is 2.34. The predicted octanol–water partition coefficient (Wildman–Crippen LogP) is 5.30. The van der Waals surface area contributed by atoms with Crippen LogP contribution in [0.25, 0.3) is 17.4 Å². The molecular weight excluding hydrogens is 705 g/mol. The Bertz CT molecular complexity index is 2210. The molecule has 1 saturated heterocycles. The molecule has 274 valence electrons. The summed E-state index contributed by atoms with van der Waals surface area (Å²) in [6, 6.07) is 2.41. The summed E-state index contributed by atoms with van der Waals surface area (Å²) in [4.78, 5) is 56.5. The number of ether oxygens (including phenoxy) is 2. The van der Waals surface area contributed by atoms with Crippen LogP contribution in [0.4, 0.5) is 18.9 Å². The number of aromatic nitrogens is 6. The van der Waals surface area contributed by atoms with Gasteiger partial charge in [-0.3, -0.25) is 14.4 Å². The molecule has 2 aliphatic heterocycles. The van der Waals surface area contributed by atoms with Crippen LogP contribution in [0.3, 0.4) is 0 Å². The van der Waals surface area contributed by atoms with Crippen LogP contribution in [0.5, 0.6) is 5.75 Å². The first kappa shape index (κ1) is 36.7. The Kier molecular flexibility index (Phi) is 10.2. The number of hydrogen-bond donors (Lipinski definition) is 1. The molecule has 5 heterocycles. The topological polar surface area (TPSA) is 146 Å². The van der Waals surface area contributed by atoms with E-state index in [-0.39, 0.29) is 52.8 Å². The minimum atomic E-state index is -4.61. The number of hydrogen-bond acceptors (Lipinski definition) is 9. The van der Waals surface area contributed by atoms with Crippen LogP contribution in [0.15, 0.2) is 34.6 Å². The normalized spacial score (nSPS) is 17.2. The number of benzene rings is 1. The highest BCUT2D eigenvalue weighted by atomic mass is 35.5. The second-order valence-corrected chi connectivity index (χ2v) is 13.0. The van der Waals surface area contributed by atoms with E-state index in [2.05, 4.69) is 25.4 Å². The number of aryl methyl sites for hydroxylation is 2. The minimum absolute atomic E-state index is 0.0120. The maximum absolute atomic E-state index is 14.2. The summed E-state index contributed by atoms with van der Waals surface area (Å²) in [6.07, 6.45) is 0.230. The summed E-state index contributed by atoms with van der Waals surface area (Å²) in [7, 11) is 1.45. The largest absolute Gasteiger partial charge is 0.492 e. The lowest BCUT2D eigenvalue weighted by Crippen LogP contribution is -2.35. The van der Waals surface area contributed by atoms with Gasteiger partial charge in [-0.15, -0.1) is 5.10 Å². The maximum Gasteiger partial charge on any atom is 0.416 e. The Labute approximate surface area is 301 Å². The van der Waals surface area contributed by atoms with Crippen LogP contribution in [-0.4, -0.2) is 78.8 Å². The molecule has 1 unspecified atom stereocenters. The van der Waals surface area contributed by atoms with Crippen LogP contribution < -0.4 is 15.6 Å². The molecule has 17 heteroatoms. The highest BCUT2D eigenvalue weighted by Crippen LogP contribution is 2.34.